The quantitative estimate of drug-likeness (QED) is 0.821. The molecule has 1 aromatic heterocycles. The first-order valence-electron chi connectivity index (χ1n) is 6.45. The van der Waals surface area contributed by atoms with Gasteiger partial charge in [-0.3, -0.25) is 5.10 Å². The van der Waals surface area contributed by atoms with Crippen molar-refractivity contribution < 1.29 is 9.47 Å². The average Bonchev–Trinajstić information content (AvgIpc) is 3.12. The van der Waals surface area contributed by atoms with E-state index in [-0.39, 0.29) is 5.41 Å². The van der Waals surface area contributed by atoms with E-state index in [1.165, 1.54) is 12.8 Å². The SMILES string of the molecule is Nc1cc(-c2ccc3c(c2)OCC2(CC2)CO3)[nH]n1. The van der Waals surface area contributed by atoms with Crippen LogP contribution >= 0.6 is 0 Å². The molecular formula is C14H15N3O2. The van der Waals surface area contributed by atoms with Gasteiger partial charge in [-0.1, -0.05) is 0 Å². The number of nitrogens with zero attached hydrogens (tertiary/aromatic N) is 1. The lowest BCUT2D eigenvalue weighted by atomic mass is 10.1. The van der Waals surface area contributed by atoms with Gasteiger partial charge in [0.05, 0.1) is 18.9 Å². The molecule has 5 heteroatoms. The summed E-state index contributed by atoms with van der Waals surface area (Å²) in [5.74, 6) is 2.11. The Labute approximate surface area is 110 Å². The minimum atomic E-state index is 0.262. The summed E-state index contributed by atoms with van der Waals surface area (Å²) in [6.45, 7) is 1.50. The lowest BCUT2D eigenvalue weighted by Crippen LogP contribution is -2.17. The molecule has 4 rings (SSSR count). The summed E-state index contributed by atoms with van der Waals surface area (Å²) >= 11 is 0. The van der Waals surface area contributed by atoms with Gasteiger partial charge in [0.2, 0.25) is 0 Å². The Morgan fingerprint density at radius 3 is 2.58 bits per heavy atom. The Kier molecular flexibility index (Phi) is 2.07. The van der Waals surface area contributed by atoms with Crippen LogP contribution in [0.2, 0.25) is 0 Å². The van der Waals surface area contributed by atoms with Gasteiger partial charge in [0.15, 0.2) is 11.5 Å². The number of benzene rings is 1. The Balaban J connectivity index is 1.68. The lowest BCUT2D eigenvalue weighted by Gasteiger charge is -2.08. The van der Waals surface area contributed by atoms with Crippen LogP contribution in [0.3, 0.4) is 0 Å². The molecule has 0 unspecified atom stereocenters. The van der Waals surface area contributed by atoms with Crippen LogP contribution in [0, 0.1) is 5.41 Å². The molecule has 2 heterocycles. The lowest BCUT2D eigenvalue weighted by molar-refractivity contribution is 0.197. The first-order valence-corrected chi connectivity index (χ1v) is 6.45. The van der Waals surface area contributed by atoms with E-state index in [4.69, 9.17) is 15.2 Å². The van der Waals surface area contributed by atoms with Crippen molar-refractivity contribution in [3.05, 3.63) is 24.3 Å². The van der Waals surface area contributed by atoms with Crippen LogP contribution in [0.4, 0.5) is 5.82 Å². The summed E-state index contributed by atoms with van der Waals surface area (Å²) in [7, 11) is 0. The third kappa shape index (κ3) is 1.82. The minimum absolute atomic E-state index is 0.262. The van der Waals surface area contributed by atoms with Crippen molar-refractivity contribution in [3.63, 3.8) is 0 Å². The van der Waals surface area contributed by atoms with Crippen molar-refractivity contribution in [2.24, 2.45) is 5.41 Å². The van der Waals surface area contributed by atoms with Crippen LogP contribution in [0.1, 0.15) is 12.8 Å². The second kappa shape index (κ2) is 3.66. The number of nitrogens with two attached hydrogens (primary N) is 1. The van der Waals surface area contributed by atoms with Gasteiger partial charge in [0.25, 0.3) is 0 Å². The van der Waals surface area contributed by atoms with Crippen molar-refractivity contribution >= 4 is 5.82 Å². The molecule has 0 bridgehead atoms. The molecule has 3 N–H and O–H groups in total. The van der Waals surface area contributed by atoms with Crippen molar-refractivity contribution in [2.75, 3.05) is 18.9 Å². The van der Waals surface area contributed by atoms with E-state index in [1.54, 1.807) is 0 Å². The third-order valence-electron chi connectivity index (χ3n) is 3.88. The smallest absolute Gasteiger partial charge is 0.161 e. The predicted molar refractivity (Wildman–Crippen MR) is 71.1 cm³/mol. The molecule has 0 saturated heterocycles. The number of aromatic amines is 1. The van der Waals surface area contributed by atoms with Gasteiger partial charge in [-0.2, -0.15) is 5.10 Å². The minimum Gasteiger partial charge on any atom is -0.489 e. The van der Waals surface area contributed by atoms with Crippen molar-refractivity contribution in [2.45, 2.75) is 12.8 Å². The van der Waals surface area contributed by atoms with E-state index >= 15 is 0 Å². The van der Waals surface area contributed by atoms with Gasteiger partial charge in [0, 0.05) is 17.0 Å². The highest BCUT2D eigenvalue weighted by Crippen LogP contribution is 2.49. The zero-order chi connectivity index (χ0) is 12.9. The fourth-order valence-electron chi connectivity index (χ4n) is 2.36. The topological polar surface area (TPSA) is 73.2 Å². The average molecular weight is 257 g/mol. The van der Waals surface area contributed by atoms with Crippen molar-refractivity contribution in [3.8, 4) is 22.8 Å². The summed E-state index contributed by atoms with van der Waals surface area (Å²) in [6, 6.07) is 7.72. The van der Waals surface area contributed by atoms with Crippen molar-refractivity contribution in [1.82, 2.24) is 10.2 Å². The fourth-order valence-corrected chi connectivity index (χ4v) is 2.36. The Morgan fingerprint density at radius 2 is 1.89 bits per heavy atom. The first-order chi connectivity index (χ1) is 9.24. The normalized spacial score (nSPS) is 19.2. The van der Waals surface area contributed by atoms with E-state index in [0.717, 1.165) is 36.0 Å². The highest BCUT2D eigenvalue weighted by Gasteiger charge is 2.46. The third-order valence-corrected chi connectivity index (χ3v) is 3.88. The number of rotatable bonds is 1. The number of hydrogen-bond acceptors (Lipinski definition) is 4. The second-order valence-electron chi connectivity index (χ2n) is 5.45. The molecule has 0 radical (unpaired) electrons. The summed E-state index contributed by atoms with van der Waals surface area (Å²) < 4.78 is 11.8. The largest absolute Gasteiger partial charge is 0.489 e. The van der Waals surface area contributed by atoms with Gasteiger partial charge in [-0.05, 0) is 31.0 Å². The van der Waals surface area contributed by atoms with Gasteiger partial charge < -0.3 is 15.2 Å². The predicted octanol–water partition coefficient (Wildman–Crippen LogP) is 2.21. The Bertz CT molecular complexity index is 631. The molecule has 1 aromatic carbocycles. The number of H-pyrrole nitrogens is 1. The number of aromatic nitrogens is 2. The van der Waals surface area contributed by atoms with E-state index in [1.807, 2.05) is 24.3 Å². The molecular weight excluding hydrogens is 242 g/mol. The van der Waals surface area contributed by atoms with Crippen LogP contribution in [-0.2, 0) is 0 Å². The maximum atomic E-state index is 5.90. The number of nitrogens with one attached hydrogen (secondary N) is 1. The molecule has 2 aliphatic rings. The summed E-state index contributed by atoms with van der Waals surface area (Å²) in [6.07, 6.45) is 2.40. The zero-order valence-electron chi connectivity index (χ0n) is 10.5. The standard InChI is InChI=1S/C14H15N3O2/c15-13-6-10(16-17-13)9-1-2-11-12(5-9)19-8-14(3-4-14)7-18-11/h1-2,5-6H,3-4,7-8H2,(H3,15,16,17). The number of anilines is 1. The molecule has 0 amide bonds. The number of ether oxygens (including phenoxy) is 2. The van der Waals surface area contributed by atoms with E-state index in [0.29, 0.717) is 5.82 Å². The second-order valence-corrected chi connectivity index (χ2v) is 5.45. The summed E-state index contributed by atoms with van der Waals surface area (Å²) in [5, 5.41) is 6.84. The molecule has 98 valence electrons. The molecule has 5 nitrogen and oxygen atoms in total. The molecule has 0 atom stereocenters. The van der Waals surface area contributed by atoms with Crippen LogP contribution in [0.5, 0.6) is 11.5 Å². The van der Waals surface area contributed by atoms with E-state index < -0.39 is 0 Å². The van der Waals surface area contributed by atoms with Gasteiger partial charge >= 0.3 is 0 Å². The Morgan fingerprint density at radius 1 is 1.11 bits per heavy atom. The van der Waals surface area contributed by atoms with Crippen molar-refractivity contribution in [1.29, 1.82) is 0 Å². The van der Waals surface area contributed by atoms with Gasteiger partial charge in [0.1, 0.15) is 5.82 Å². The number of hydrogen-bond donors (Lipinski definition) is 2. The molecule has 1 fully saturated rings. The molecule has 1 saturated carbocycles. The molecule has 2 aromatic rings. The van der Waals surface area contributed by atoms with Crippen LogP contribution in [0.25, 0.3) is 11.3 Å². The van der Waals surface area contributed by atoms with Crippen LogP contribution < -0.4 is 15.2 Å². The van der Waals surface area contributed by atoms with Gasteiger partial charge in [-0.15, -0.1) is 0 Å². The molecule has 1 aliphatic carbocycles. The molecule has 1 spiro atoms. The summed E-state index contributed by atoms with van der Waals surface area (Å²) in [4.78, 5) is 0. The first kappa shape index (κ1) is 10.7. The maximum absolute atomic E-state index is 5.90. The highest BCUT2D eigenvalue weighted by atomic mass is 16.5. The Hall–Kier alpha value is -2.17. The zero-order valence-corrected chi connectivity index (χ0v) is 10.5. The maximum Gasteiger partial charge on any atom is 0.161 e. The van der Waals surface area contributed by atoms with E-state index in [9.17, 15) is 0 Å². The molecule has 1 aliphatic heterocycles. The van der Waals surface area contributed by atoms with Crippen LogP contribution in [-0.4, -0.2) is 23.4 Å². The fraction of sp³-hybridized carbons (Fsp3) is 0.357. The number of fused-ring (bicyclic) bond motifs is 1. The van der Waals surface area contributed by atoms with Crippen LogP contribution in [0.15, 0.2) is 24.3 Å². The summed E-state index contributed by atoms with van der Waals surface area (Å²) in [5.41, 5.74) is 7.77. The van der Waals surface area contributed by atoms with Gasteiger partial charge in [-0.25, -0.2) is 0 Å². The molecule has 19 heavy (non-hydrogen) atoms. The highest BCUT2D eigenvalue weighted by molar-refractivity contribution is 5.66. The number of nitrogen functional groups attached to an aromatic ring is 1. The van der Waals surface area contributed by atoms with E-state index in [2.05, 4.69) is 10.2 Å². The monoisotopic (exact) mass is 257 g/mol.